The Balaban J connectivity index is 2.86. The van der Waals surface area contributed by atoms with E-state index in [4.69, 9.17) is 11.6 Å². The molecule has 1 unspecified atom stereocenters. The van der Waals surface area contributed by atoms with Gasteiger partial charge in [0, 0.05) is 16.6 Å². The summed E-state index contributed by atoms with van der Waals surface area (Å²) in [5.74, 6) is 0.364. The van der Waals surface area contributed by atoms with E-state index in [9.17, 15) is 4.79 Å². The standard InChI is InChI=1S/C10H14ClNO/c1-3-8-4-7(2)10(12-6-13)5-9(8)11/h5-7H,3-4H2,1-2H3,(H,12,13). The Bertz CT molecular complexity index is 268. The minimum atomic E-state index is 0.364. The van der Waals surface area contributed by atoms with Crippen molar-refractivity contribution >= 4 is 18.0 Å². The molecule has 1 atom stereocenters. The number of rotatable bonds is 3. The lowest BCUT2D eigenvalue weighted by Gasteiger charge is -2.22. The van der Waals surface area contributed by atoms with Gasteiger partial charge in [-0.25, -0.2) is 0 Å². The summed E-state index contributed by atoms with van der Waals surface area (Å²) in [4.78, 5) is 10.3. The topological polar surface area (TPSA) is 29.1 Å². The van der Waals surface area contributed by atoms with Crippen LogP contribution >= 0.6 is 11.6 Å². The minimum absolute atomic E-state index is 0.364. The van der Waals surface area contributed by atoms with E-state index in [0.717, 1.165) is 23.6 Å². The van der Waals surface area contributed by atoms with E-state index < -0.39 is 0 Å². The molecule has 1 aliphatic carbocycles. The van der Waals surface area contributed by atoms with Gasteiger partial charge in [0.2, 0.25) is 6.41 Å². The predicted octanol–water partition coefficient (Wildman–Crippen LogP) is 2.56. The number of nitrogens with one attached hydrogen (secondary N) is 1. The van der Waals surface area contributed by atoms with Crippen LogP contribution in [0.15, 0.2) is 22.4 Å². The first-order valence-electron chi connectivity index (χ1n) is 4.48. The molecule has 0 saturated carbocycles. The number of carbonyl (C=O) groups is 1. The van der Waals surface area contributed by atoms with Crippen LogP contribution in [0.1, 0.15) is 26.7 Å². The monoisotopic (exact) mass is 199 g/mol. The quantitative estimate of drug-likeness (QED) is 0.696. The minimum Gasteiger partial charge on any atom is -0.332 e. The maximum absolute atomic E-state index is 10.3. The highest BCUT2D eigenvalue weighted by Gasteiger charge is 2.17. The van der Waals surface area contributed by atoms with Gasteiger partial charge in [-0.05, 0) is 18.9 Å². The van der Waals surface area contributed by atoms with E-state index in [1.807, 2.05) is 6.08 Å². The summed E-state index contributed by atoms with van der Waals surface area (Å²) in [5.41, 5.74) is 2.18. The second-order valence-electron chi connectivity index (χ2n) is 3.27. The van der Waals surface area contributed by atoms with Gasteiger partial charge in [-0.1, -0.05) is 31.0 Å². The predicted molar refractivity (Wildman–Crippen MR) is 54.2 cm³/mol. The van der Waals surface area contributed by atoms with Gasteiger partial charge in [0.1, 0.15) is 0 Å². The first kappa shape index (κ1) is 10.3. The number of hydrogen-bond donors (Lipinski definition) is 1. The van der Waals surface area contributed by atoms with E-state index in [2.05, 4.69) is 19.2 Å². The summed E-state index contributed by atoms with van der Waals surface area (Å²) in [6.07, 6.45) is 4.47. The van der Waals surface area contributed by atoms with E-state index in [0.29, 0.717) is 12.3 Å². The molecule has 1 aliphatic rings. The maximum atomic E-state index is 10.3. The number of amides is 1. The lowest BCUT2D eigenvalue weighted by Crippen LogP contribution is -2.20. The molecule has 0 aromatic carbocycles. The fraction of sp³-hybridized carbons (Fsp3) is 0.500. The van der Waals surface area contributed by atoms with Gasteiger partial charge < -0.3 is 5.32 Å². The average molecular weight is 200 g/mol. The van der Waals surface area contributed by atoms with Gasteiger partial charge >= 0.3 is 0 Å². The lowest BCUT2D eigenvalue weighted by atomic mass is 9.91. The second kappa shape index (κ2) is 4.47. The maximum Gasteiger partial charge on any atom is 0.211 e. The van der Waals surface area contributed by atoms with Crippen molar-refractivity contribution in [3.63, 3.8) is 0 Å². The molecule has 0 fully saturated rings. The molecule has 0 radical (unpaired) electrons. The Kier molecular flexibility index (Phi) is 3.55. The highest BCUT2D eigenvalue weighted by molar-refractivity contribution is 6.31. The highest BCUT2D eigenvalue weighted by atomic mass is 35.5. The van der Waals surface area contributed by atoms with Gasteiger partial charge in [-0.15, -0.1) is 0 Å². The molecular weight excluding hydrogens is 186 g/mol. The van der Waals surface area contributed by atoms with Crippen molar-refractivity contribution in [2.24, 2.45) is 5.92 Å². The van der Waals surface area contributed by atoms with Crippen molar-refractivity contribution < 1.29 is 4.79 Å². The third-order valence-corrected chi connectivity index (χ3v) is 2.73. The Morgan fingerprint density at radius 3 is 3.00 bits per heavy atom. The van der Waals surface area contributed by atoms with E-state index >= 15 is 0 Å². The Morgan fingerprint density at radius 2 is 2.46 bits per heavy atom. The van der Waals surface area contributed by atoms with Crippen LogP contribution in [-0.2, 0) is 4.79 Å². The largest absolute Gasteiger partial charge is 0.332 e. The summed E-state index contributed by atoms with van der Waals surface area (Å²) in [6, 6.07) is 0. The molecule has 0 bridgehead atoms. The van der Waals surface area contributed by atoms with Crippen molar-refractivity contribution in [3.8, 4) is 0 Å². The Morgan fingerprint density at radius 1 is 1.77 bits per heavy atom. The summed E-state index contributed by atoms with van der Waals surface area (Å²) >= 11 is 6.03. The lowest BCUT2D eigenvalue weighted by molar-refractivity contribution is -0.109. The molecule has 2 nitrogen and oxygen atoms in total. The van der Waals surface area contributed by atoms with Gasteiger partial charge in [-0.3, -0.25) is 4.79 Å². The third-order valence-electron chi connectivity index (χ3n) is 2.36. The first-order chi connectivity index (χ1) is 6.19. The zero-order valence-electron chi connectivity index (χ0n) is 7.93. The van der Waals surface area contributed by atoms with Gasteiger partial charge in [0.25, 0.3) is 0 Å². The fourth-order valence-corrected chi connectivity index (χ4v) is 1.85. The van der Waals surface area contributed by atoms with E-state index in [1.54, 1.807) is 0 Å². The number of allylic oxidation sites excluding steroid dienone is 4. The molecule has 0 heterocycles. The molecule has 1 amide bonds. The van der Waals surface area contributed by atoms with E-state index in [-0.39, 0.29) is 0 Å². The SMILES string of the molecule is CCC1=C(Cl)C=C(NC=O)C(C)C1. The molecule has 0 aromatic heterocycles. The van der Waals surface area contributed by atoms with Crippen molar-refractivity contribution in [2.45, 2.75) is 26.7 Å². The van der Waals surface area contributed by atoms with Crippen LogP contribution in [0.3, 0.4) is 0 Å². The summed E-state index contributed by atoms with van der Waals surface area (Å²) in [7, 11) is 0. The summed E-state index contributed by atoms with van der Waals surface area (Å²) < 4.78 is 0. The number of hydrogen-bond acceptors (Lipinski definition) is 1. The van der Waals surface area contributed by atoms with Crippen molar-refractivity contribution in [3.05, 3.63) is 22.4 Å². The molecule has 0 saturated heterocycles. The Hall–Kier alpha value is -0.760. The second-order valence-corrected chi connectivity index (χ2v) is 3.68. The third kappa shape index (κ3) is 2.34. The molecule has 1 N–H and O–H groups in total. The zero-order valence-corrected chi connectivity index (χ0v) is 8.69. The van der Waals surface area contributed by atoms with Crippen LogP contribution in [0.4, 0.5) is 0 Å². The van der Waals surface area contributed by atoms with Crippen LogP contribution in [0, 0.1) is 5.92 Å². The van der Waals surface area contributed by atoms with Gasteiger partial charge in [-0.2, -0.15) is 0 Å². The smallest absolute Gasteiger partial charge is 0.211 e. The van der Waals surface area contributed by atoms with Crippen molar-refractivity contribution in [1.29, 1.82) is 0 Å². The molecule has 13 heavy (non-hydrogen) atoms. The van der Waals surface area contributed by atoms with Crippen molar-refractivity contribution in [2.75, 3.05) is 0 Å². The normalized spacial score (nSPS) is 22.7. The average Bonchev–Trinajstić information content (AvgIpc) is 2.11. The molecule has 0 aromatic rings. The molecule has 0 aliphatic heterocycles. The van der Waals surface area contributed by atoms with Crippen LogP contribution < -0.4 is 5.32 Å². The molecule has 72 valence electrons. The number of carbonyl (C=O) groups excluding carboxylic acids is 1. The van der Waals surface area contributed by atoms with E-state index in [1.165, 1.54) is 5.57 Å². The molecule has 1 rings (SSSR count). The molecular formula is C10H14ClNO. The molecule has 0 spiro atoms. The van der Waals surface area contributed by atoms with Crippen LogP contribution in [-0.4, -0.2) is 6.41 Å². The highest BCUT2D eigenvalue weighted by Crippen LogP contribution is 2.30. The first-order valence-corrected chi connectivity index (χ1v) is 4.86. The van der Waals surface area contributed by atoms with Crippen LogP contribution in [0.5, 0.6) is 0 Å². The Labute approximate surface area is 83.7 Å². The van der Waals surface area contributed by atoms with Crippen LogP contribution in [0.25, 0.3) is 0 Å². The fourth-order valence-electron chi connectivity index (χ4n) is 1.52. The zero-order chi connectivity index (χ0) is 9.84. The summed E-state index contributed by atoms with van der Waals surface area (Å²) in [5, 5.41) is 3.45. The van der Waals surface area contributed by atoms with Crippen molar-refractivity contribution in [1.82, 2.24) is 5.32 Å². The number of halogens is 1. The van der Waals surface area contributed by atoms with Crippen LogP contribution in [0.2, 0.25) is 0 Å². The van der Waals surface area contributed by atoms with Gasteiger partial charge in [0.05, 0.1) is 0 Å². The molecule has 3 heteroatoms. The summed E-state index contributed by atoms with van der Waals surface area (Å²) in [6.45, 7) is 4.18. The van der Waals surface area contributed by atoms with Gasteiger partial charge in [0.15, 0.2) is 0 Å².